The Morgan fingerprint density at radius 2 is 1.78 bits per heavy atom. The van der Waals surface area contributed by atoms with Gasteiger partial charge in [0.2, 0.25) is 5.82 Å². The van der Waals surface area contributed by atoms with Crippen molar-refractivity contribution < 1.29 is 17.6 Å². The van der Waals surface area contributed by atoms with Gasteiger partial charge in [0, 0.05) is 23.4 Å². The predicted octanol–water partition coefficient (Wildman–Crippen LogP) is 5.31. The molecule has 1 aromatic heterocycles. The minimum Gasteiger partial charge on any atom is -0.367 e. The monoisotopic (exact) mass is 378 g/mol. The summed E-state index contributed by atoms with van der Waals surface area (Å²) in [6.45, 7) is 0. The molecule has 8 heteroatoms. The van der Waals surface area contributed by atoms with Crippen molar-refractivity contribution >= 4 is 5.82 Å². The van der Waals surface area contributed by atoms with Gasteiger partial charge >= 0.3 is 6.18 Å². The van der Waals surface area contributed by atoms with Gasteiger partial charge in [-0.15, -0.1) is 0 Å². The van der Waals surface area contributed by atoms with Crippen molar-refractivity contribution in [3.8, 4) is 17.2 Å². The maximum Gasteiger partial charge on any atom is 0.416 e. The Morgan fingerprint density at radius 1 is 1.07 bits per heavy atom. The van der Waals surface area contributed by atoms with Crippen LogP contribution in [-0.2, 0) is 6.18 Å². The number of hydrogen-bond donors (Lipinski definition) is 1. The molecule has 0 amide bonds. The third-order valence-electron chi connectivity index (χ3n) is 4.67. The van der Waals surface area contributed by atoms with Crippen molar-refractivity contribution in [2.75, 3.05) is 5.32 Å². The summed E-state index contributed by atoms with van der Waals surface area (Å²) >= 11 is 0. The van der Waals surface area contributed by atoms with Crippen molar-refractivity contribution in [1.29, 1.82) is 5.26 Å². The fraction of sp³-hybridized carbons (Fsp3) is 0.421. The van der Waals surface area contributed by atoms with E-state index in [4.69, 9.17) is 5.26 Å². The number of hydrogen-bond acceptors (Lipinski definition) is 4. The SMILES string of the molecule is N#Cc1ncc(-c2ccc(C(F)(F)F)cc2F)c(NC2CCCCCC2)n1. The molecule has 0 bridgehead atoms. The van der Waals surface area contributed by atoms with Crippen molar-refractivity contribution in [2.45, 2.75) is 50.7 Å². The predicted molar refractivity (Wildman–Crippen MR) is 92.3 cm³/mol. The average Bonchev–Trinajstić information content (AvgIpc) is 2.90. The van der Waals surface area contributed by atoms with Crippen molar-refractivity contribution in [1.82, 2.24) is 9.97 Å². The van der Waals surface area contributed by atoms with Crippen LogP contribution in [0.1, 0.15) is 49.9 Å². The van der Waals surface area contributed by atoms with Crippen LogP contribution in [-0.4, -0.2) is 16.0 Å². The first-order chi connectivity index (χ1) is 12.9. The summed E-state index contributed by atoms with van der Waals surface area (Å²) in [7, 11) is 0. The first kappa shape index (κ1) is 19.1. The molecule has 1 aliphatic rings. The smallest absolute Gasteiger partial charge is 0.367 e. The minimum atomic E-state index is -4.62. The van der Waals surface area contributed by atoms with E-state index >= 15 is 0 Å². The van der Waals surface area contributed by atoms with E-state index < -0.39 is 17.6 Å². The minimum absolute atomic E-state index is 0.0383. The van der Waals surface area contributed by atoms with Crippen LogP contribution in [0.4, 0.5) is 23.4 Å². The molecule has 0 saturated heterocycles. The first-order valence-electron chi connectivity index (χ1n) is 8.79. The standard InChI is InChI=1S/C19H18F4N4/c20-16-9-12(19(21,22)23)7-8-14(16)15-11-25-17(10-24)27-18(15)26-13-5-3-1-2-4-6-13/h7-9,11,13H,1-6H2,(H,25,26,27). The Morgan fingerprint density at radius 3 is 2.37 bits per heavy atom. The van der Waals surface area contributed by atoms with Gasteiger partial charge in [-0.1, -0.05) is 31.7 Å². The molecular formula is C19H18F4N4. The molecule has 1 aliphatic carbocycles. The van der Waals surface area contributed by atoms with Crippen molar-refractivity contribution in [3.63, 3.8) is 0 Å². The van der Waals surface area contributed by atoms with Gasteiger partial charge < -0.3 is 5.32 Å². The molecular weight excluding hydrogens is 360 g/mol. The number of aromatic nitrogens is 2. The lowest BCUT2D eigenvalue weighted by atomic mass is 10.0. The summed E-state index contributed by atoms with van der Waals surface area (Å²) < 4.78 is 52.8. The topological polar surface area (TPSA) is 61.6 Å². The Labute approximate surface area is 154 Å². The van der Waals surface area contributed by atoms with Gasteiger partial charge in [-0.05, 0) is 25.0 Å². The summed E-state index contributed by atoms with van der Waals surface area (Å²) in [5.41, 5.74) is -0.857. The summed E-state index contributed by atoms with van der Waals surface area (Å²) in [4.78, 5) is 7.99. The Balaban J connectivity index is 1.98. The zero-order valence-electron chi connectivity index (χ0n) is 14.5. The highest BCUT2D eigenvalue weighted by atomic mass is 19.4. The second-order valence-corrected chi connectivity index (χ2v) is 6.59. The van der Waals surface area contributed by atoms with E-state index in [2.05, 4.69) is 15.3 Å². The highest BCUT2D eigenvalue weighted by Crippen LogP contribution is 2.35. The summed E-state index contributed by atoms with van der Waals surface area (Å²) in [6, 6.07) is 4.31. The molecule has 0 radical (unpaired) electrons. The molecule has 1 fully saturated rings. The van der Waals surface area contributed by atoms with E-state index in [-0.39, 0.29) is 28.8 Å². The van der Waals surface area contributed by atoms with Crippen molar-refractivity contribution in [3.05, 3.63) is 41.6 Å². The van der Waals surface area contributed by atoms with E-state index in [1.165, 1.54) is 6.20 Å². The third-order valence-corrected chi connectivity index (χ3v) is 4.67. The number of nitrogens with one attached hydrogen (secondary N) is 1. The van der Waals surface area contributed by atoms with E-state index in [1.54, 1.807) is 0 Å². The van der Waals surface area contributed by atoms with E-state index in [9.17, 15) is 17.6 Å². The van der Waals surface area contributed by atoms with Gasteiger partial charge in [-0.3, -0.25) is 0 Å². The molecule has 0 aliphatic heterocycles. The molecule has 27 heavy (non-hydrogen) atoms. The highest BCUT2D eigenvalue weighted by Gasteiger charge is 2.31. The second-order valence-electron chi connectivity index (χ2n) is 6.59. The molecule has 0 spiro atoms. The van der Waals surface area contributed by atoms with Crippen LogP contribution in [0, 0.1) is 17.1 Å². The van der Waals surface area contributed by atoms with E-state index in [1.807, 2.05) is 6.07 Å². The molecule has 1 heterocycles. The maximum atomic E-state index is 14.4. The quantitative estimate of drug-likeness (QED) is 0.581. The zero-order valence-corrected chi connectivity index (χ0v) is 14.5. The summed E-state index contributed by atoms with van der Waals surface area (Å²) in [6.07, 6.45) is 2.88. The molecule has 1 saturated carbocycles. The van der Waals surface area contributed by atoms with Crippen LogP contribution in [0.3, 0.4) is 0 Å². The zero-order chi connectivity index (χ0) is 19.4. The van der Waals surface area contributed by atoms with E-state index in [0.717, 1.165) is 50.7 Å². The Hall–Kier alpha value is -2.69. The molecule has 0 unspecified atom stereocenters. The van der Waals surface area contributed by atoms with Gasteiger partial charge in [0.25, 0.3) is 0 Å². The average molecular weight is 378 g/mol. The second kappa shape index (κ2) is 7.91. The maximum absolute atomic E-state index is 14.4. The molecule has 1 aromatic carbocycles. The molecule has 4 nitrogen and oxygen atoms in total. The number of nitriles is 1. The van der Waals surface area contributed by atoms with Gasteiger partial charge in [0.05, 0.1) is 5.56 Å². The highest BCUT2D eigenvalue weighted by molar-refractivity contribution is 5.75. The van der Waals surface area contributed by atoms with Crippen LogP contribution in [0.25, 0.3) is 11.1 Å². The fourth-order valence-electron chi connectivity index (χ4n) is 3.27. The molecule has 0 atom stereocenters. The molecule has 142 valence electrons. The number of halogens is 4. The van der Waals surface area contributed by atoms with Crippen LogP contribution in [0.15, 0.2) is 24.4 Å². The number of anilines is 1. The van der Waals surface area contributed by atoms with Crippen molar-refractivity contribution in [2.24, 2.45) is 0 Å². The van der Waals surface area contributed by atoms with Gasteiger partial charge in [0.15, 0.2) is 0 Å². The van der Waals surface area contributed by atoms with E-state index in [0.29, 0.717) is 6.07 Å². The lowest BCUT2D eigenvalue weighted by molar-refractivity contribution is -0.137. The normalized spacial score (nSPS) is 15.8. The molecule has 1 N–H and O–H groups in total. The van der Waals surface area contributed by atoms with Gasteiger partial charge in [0.1, 0.15) is 17.7 Å². The van der Waals surface area contributed by atoms with Crippen LogP contribution in [0.2, 0.25) is 0 Å². The Kier molecular flexibility index (Phi) is 5.59. The first-order valence-corrected chi connectivity index (χ1v) is 8.79. The lowest BCUT2D eigenvalue weighted by Crippen LogP contribution is -2.20. The number of rotatable bonds is 3. The lowest BCUT2D eigenvalue weighted by Gasteiger charge is -2.19. The van der Waals surface area contributed by atoms with Gasteiger partial charge in [-0.2, -0.15) is 18.4 Å². The molecule has 2 aromatic rings. The van der Waals surface area contributed by atoms with Crippen LogP contribution in [0.5, 0.6) is 0 Å². The molecule has 3 rings (SSSR count). The third kappa shape index (κ3) is 4.54. The van der Waals surface area contributed by atoms with Gasteiger partial charge in [-0.25, -0.2) is 14.4 Å². The summed E-state index contributed by atoms with van der Waals surface area (Å²) in [5.74, 6) is -0.823. The largest absolute Gasteiger partial charge is 0.416 e. The van der Waals surface area contributed by atoms with Crippen LogP contribution >= 0.6 is 0 Å². The number of alkyl halides is 3. The fourth-order valence-corrected chi connectivity index (χ4v) is 3.27. The number of benzene rings is 1. The van der Waals surface area contributed by atoms with Crippen LogP contribution < -0.4 is 5.32 Å². The summed E-state index contributed by atoms with van der Waals surface area (Å²) in [5, 5.41) is 12.3. The number of nitrogens with zero attached hydrogens (tertiary/aromatic N) is 3. The Bertz CT molecular complexity index is 850.